The van der Waals surface area contributed by atoms with Crippen molar-refractivity contribution in [2.75, 3.05) is 0 Å². The van der Waals surface area contributed by atoms with Crippen molar-refractivity contribution < 1.29 is 9.59 Å². The molecule has 2 aliphatic carbocycles. The number of halogens is 1. The highest BCUT2D eigenvalue weighted by Gasteiger charge is 2.40. The lowest BCUT2D eigenvalue weighted by molar-refractivity contribution is -0.128. The van der Waals surface area contributed by atoms with Gasteiger partial charge >= 0.3 is 0 Å². The van der Waals surface area contributed by atoms with Gasteiger partial charge < -0.3 is 16.8 Å². The first kappa shape index (κ1) is 18.7. The van der Waals surface area contributed by atoms with Gasteiger partial charge in [0, 0.05) is 24.1 Å². The molecule has 2 saturated carbocycles. The minimum absolute atomic E-state index is 0. The average Bonchev–Trinajstić information content (AvgIpc) is 2.52. The third kappa shape index (κ3) is 4.08. The molecule has 5 nitrogen and oxygen atoms in total. The fraction of sp³-hybridized carbons (Fsp3) is 0.556. The predicted molar refractivity (Wildman–Crippen MR) is 95.6 cm³/mol. The second kappa shape index (κ2) is 7.99. The van der Waals surface area contributed by atoms with Crippen LogP contribution >= 0.6 is 12.4 Å². The van der Waals surface area contributed by atoms with Crippen molar-refractivity contribution in [3.05, 3.63) is 35.4 Å². The Labute approximate surface area is 149 Å². The van der Waals surface area contributed by atoms with Crippen LogP contribution in [0.15, 0.2) is 24.3 Å². The summed E-state index contributed by atoms with van der Waals surface area (Å²) < 4.78 is 0. The maximum absolute atomic E-state index is 12.5. The minimum atomic E-state index is -0.452. The highest BCUT2D eigenvalue weighted by molar-refractivity contribution is 5.92. The molecule has 0 saturated heterocycles. The zero-order valence-corrected chi connectivity index (χ0v) is 14.6. The maximum Gasteiger partial charge on any atom is 0.248 e. The molecule has 0 aliphatic heterocycles. The average molecular weight is 352 g/mol. The van der Waals surface area contributed by atoms with Crippen molar-refractivity contribution >= 4 is 24.2 Å². The van der Waals surface area contributed by atoms with Crippen LogP contribution in [-0.4, -0.2) is 17.9 Å². The van der Waals surface area contributed by atoms with Crippen LogP contribution in [0, 0.1) is 17.8 Å². The second-order valence-corrected chi connectivity index (χ2v) is 6.98. The topological polar surface area (TPSA) is 98.2 Å². The first-order valence-electron chi connectivity index (χ1n) is 8.46. The molecular formula is C18H26ClN3O2. The molecule has 2 bridgehead atoms. The first-order valence-corrected chi connectivity index (χ1v) is 8.46. The number of carbonyl (C=O) groups excluding carboxylic acids is 2. The molecule has 0 heterocycles. The Balaban J connectivity index is 0.00000208. The highest BCUT2D eigenvalue weighted by Crippen LogP contribution is 2.41. The van der Waals surface area contributed by atoms with Crippen molar-refractivity contribution in [1.82, 2.24) is 5.32 Å². The predicted octanol–water partition coefficient (Wildman–Crippen LogP) is 1.98. The number of primary amides is 1. The van der Waals surface area contributed by atoms with E-state index < -0.39 is 5.91 Å². The van der Waals surface area contributed by atoms with Crippen LogP contribution in [0.5, 0.6) is 0 Å². The molecule has 0 spiro atoms. The van der Waals surface area contributed by atoms with Crippen molar-refractivity contribution in [3.8, 4) is 0 Å². The van der Waals surface area contributed by atoms with Gasteiger partial charge in [0.2, 0.25) is 11.8 Å². The van der Waals surface area contributed by atoms with Gasteiger partial charge in [-0.15, -0.1) is 12.4 Å². The standard InChI is InChI=1S/C18H25N3O2.ClH/c19-16-12-4-2-5-13(16)9-15(8-12)18(23)21-10-11-3-1-6-14(7-11)17(20)22;/h1,3,6-7,12-13,15-16H,2,4-5,8-10,19H2,(H2,20,22)(H,21,23);1H. The zero-order valence-electron chi connectivity index (χ0n) is 13.7. The Morgan fingerprint density at radius 1 is 1.17 bits per heavy atom. The summed E-state index contributed by atoms with van der Waals surface area (Å²) in [5.41, 5.74) is 12.9. The van der Waals surface area contributed by atoms with Crippen LogP contribution in [-0.2, 0) is 11.3 Å². The van der Waals surface area contributed by atoms with Crippen LogP contribution in [0.3, 0.4) is 0 Å². The summed E-state index contributed by atoms with van der Waals surface area (Å²) in [5, 5.41) is 3.01. The number of fused-ring (bicyclic) bond motifs is 2. The number of rotatable bonds is 4. The van der Waals surface area contributed by atoms with Gasteiger partial charge in [-0.3, -0.25) is 9.59 Å². The summed E-state index contributed by atoms with van der Waals surface area (Å²) in [7, 11) is 0. The van der Waals surface area contributed by atoms with Gasteiger partial charge in [-0.25, -0.2) is 0 Å². The molecule has 24 heavy (non-hydrogen) atoms. The summed E-state index contributed by atoms with van der Waals surface area (Å²) in [6.45, 7) is 0.428. The third-order valence-corrected chi connectivity index (χ3v) is 5.46. The van der Waals surface area contributed by atoms with Crippen molar-refractivity contribution in [2.45, 2.75) is 44.7 Å². The number of hydrogen-bond donors (Lipinski definition) is 3. The molecule has 2 atom stereocenters. The Morgan fingerprint density at radius 3 is 2.46 bits per heavy atom. The van der Waals surface area contributed by atoms with Crippen LogP contribution in [0.4, 0.5) is 0 Å². The van der Waals surface area contributed by atoms with Gasteiger partial charge in [0.05, 0.1) is 0 Å². The summed E-state index contributed by atoms with van der Waals surface area (Å²) >= 11 is 0. The van der Waals surface area contributed by atoms with E-state index >= 15 is 0 Å². The van der Waals surface area contributed by atoms with E-state index in [1.165, 1.54) is 6.42 Å². The monoisotopic (exact) mass is 351 g/mol. The molecule has 3 rings (SSSR count). The highest BCUT2D eigenvalue weighted by atomic mass is 35.5. The number of amides is 2. The molecule has 0 radical (unpaired) electrons. The Hall–Kier alpha value is -1.59. The normalized spacial score (nSPS) is 28.5. The fourth-order valence-electron chi connectivity index (χ4n) is 4.17. The summed E-state index contributed by atoms with van der Waals surface area (Å²) in [6.07, 6.45) is 5.37. The lowest BCUT2D eigenvalue weighted by Crippen LogP contribution is -2.49. The molecule has 5 N–H and O–H groups in total. The van der Waals surface area contributed by atoms with E-state index in [4.69, 9.17) is 11.5 Å². The van der Waals surface area contributed by atoms with Gasteiger partial charge in [0.25, 0.3) is 0 Å². The largest absolute Gasteiger partial charge is 0.366 e. The summed E-state index contributed by atoms with van der Waals surface area (Å²) in [6, 6.07) is 7.36. The van der Waals surface area contributed by atoms with E-state index in [-0.39, 0.29) is 30.3 Å². The Morgan fingerprint density at radius 2 is 1.83 bits per heavy atom. The van der Waals surface area contributed by atoms with E-state index in [0.29, 0.717) is 23.9 Å². The van der Waals surface area contributed by atoms with Gasteiger partial charge in [-0.05, 0) is 55.2 Å². The second-order valence-electron chi connectivity index (χ2n) is 6.98. The number of hydrogen-bond acceptors (Lipinski definition) is 3. The Bertz CT molecular complexity index is 594. The molecule has 132 valence electrons. The van der Waals surface area contributed by atoms with Gasteiger partial charge in [-0.1, -0.05) is 18.6 Å². The SMILES string of the molecule is Cl.NC(=O)c1cccc(CNC(=O)C2CC3CCCC(C2)C3N)c1. The van der Waals surface area contributed by atoms with Crippen LogP contribution in [0.25, 0.3) is 0 Å². The molecule has 2 unspecified atom stereocenters. The molecule has 1 aromatic carbocycles. The van der Waals surface area contributed by atoms with Gasteiger partial charge in [0.1, 0.15) is 0 Å². The number of nitrogens with two attached hydrogens (primary N) is 2. The van der Waals surface area contributed by atoms with Crippen molar-refractivity contribution in [3.63, 3.8) is 0 Å². The molecule has 2 aliphatic rings. The van der Waals surface area contributed by atoms with Crippen LogP contribution < -0.4 is 16.8 Å². The number of nitrogens with one attached hydrogen (secondary N) is 1. The molecule has 6 heteroatoms. The van der Waals surface area contributed by atoms with E-state index in [2.05, 4.69) is 5.32 Å². The van der Waals surface area contributed by atoms with Crippen molar-refractivity contribution in [2.24, 2.45) is 29.2 Å². The number of benzene rings is 1. The zero-order chi connectivity index (χ0) is 16.4. The van der Waals surface area contributed by atoms with E-state index in [1.54, 1.807) is 18.2 Å². The molecule has 2 fully saturated rings. The lowest BCUT2D eigenvalue weighted by Gasteiger charge is -2.43. The van der Waals surface area contributed by atoms with Crippen LogP contribution in [0.2, 0.25) is 0 Å². The van der Waals surface area contributed by atoms with Crippen LogP contribution in [0.1, 0.15) is 48.0 Å². The first-order chi connectivity index (χ1) is 11.0. The van der Waals surface area contributed by atoms with E-state index in [0.717, 1.165) is 31.2 Å². The molecular weight excluding hydrogens is 326 g/mol. The van der Waals surface area contributed by atoms with Gasteiger partial charge in [-0.2, -0.15) is 0 Å². The van der Waals surface area contributed by atoms with Gasteiger partial charge in [0.15, 0.2) is 0 Å². The smallest absolute Gasteiger partial charge is 0.248 e. The Kier molecular flexibility index (Phi) is 6.24. The fourth-order valence-corrected chi connectivity index (χ4v) is 4.17. The summed E-state index contributed by atoms with van der Waals surface area (Å²) in [4.78, 5) is 23.7. The summed E-state index contributed by atoms with van der Waals surface area (Å²) in [5.74, 6) is 0.725. The molecule has 2 amide bonds. The lowest BCUT2D eigenvalue weighted by atomic mass is 9.65. The number of carbonyl (C=O) groups is 2. The van der Waals surface area contributed by atoms with E-state index in [9.17, 15) is 9.59 Å². The molecule has 1 aromatic rings. The maximum atomic E-state index is 12.5. The third-order valence-electron chi connectivity index (χ3n) is 5.46. The molecule has 0 aromatic heterocycles. The quantitative estimate of drug-likeness (QED) is 0.773. The minimum Gasteiger partial charge on any atom is -0.366 e. The van der Waals surface area contributed by atoms with Crippen molar-refractivity contribution in [1.29, 1.82) is 0 Å². The van der Waals surface area contributed by atoms with E-state index in [1.807, 2.05) is 6.07 Å².